The van der Waals surface area contributed by atoms with Crippen LogP contribution in [0.5, 0.6) is 0 Å². The summed E-state index contributed by atoms with van der Waals surface area (Å²) in [7, 11) is -3.82. The fourth-order valence-corrected chi connectivity index (χ4v) is 4.10. The summed E-state index contributed by atoms with van der Waals surface area (Å²) in [6, 6.07) is 0. The Morgan fingerprint density at radius 1 is 1.53 bits per heavy atom. The van der Waals surface area contributed by atoms with E-state index in [0.717, 1.165) is 11.3 Å². The smallest absolute Gasteiger partial charge is 0.347 e. The van der Waals surface area contributed by atoms with E-state index in [1.807, 2.05) is 13.8 Å². The number of aryl methyl sites for hydroxylation is 1. The molecule has 2 N–H and O–H groups in total. The van der Waals surface area contributed by atoms with Gasteiger partial charge in [0.25, 0.3) is 0 Å². The Morgan fingerprint density at radius 2 is 2.16 bits per heavy atom. The summed E-state index contributed by atoms with van der Waals surface area (Å²) in [6.07, 6.45) is 0.0157. The molecule has 0 unspecified atom stereocenters. The predicted molar refractivity (Wildman–Crippen MR) is 72.3 cm³/mol. The van der Waals surface area contributed by atoms with Gasteiger partial charge in [-0.15, -0.1) is 11.3 Å². The van der Waals surface area contributed by atoms with Crippen LogP contribution in [-0.2, 0) is 14.8 Å². The van der Waals surface area contributed by atoms with E-state index in [-0.39, 0.29) is 29.0 Å². The first-order valence-corrected chi connectivity index (χ1v) is 8.04. The molecule has 108 valence electrons. The Morgan fingerprint density at radius 3 is 2.68 bits per heavy atom. The van der Waals surface area contributed by atoms with Crippen molar-refractivity contribution in [2.24, 2.45) is 0 Å². The molecule has 0 aliphatic carbocycles. The molecule has 0 amide bonds. The number of sulfonamides is 1. The molecule has 0 atom stereocenters. The molecule has 0 fully saturated rings. The number of rotatable bonds is 7. The van der Waals surface area contributed by atoms with Gasteiger partial charge in [-0.05, 0) is 31.7 Å². The topological polar surface area (TPSA) is 92.7 Å². The van der Waals surface area contributed by atoms with Gasteiger partial charge in [-0.3, -0.25) is 0 Å². The van der Waals surface area contributed by atoms with Crippen molar-refractivity contribution >= 4 is 27.3 Å². The molecule has 6 nitrogen and oxygen atoms in total. The van der Waals surface area contributed by atoms with Gasteiger partial charge in [-0.25, -0.2) is 17.9 Å². The maximum atomic E-state index is 12.1. The van der Waals surface area contributed by atoms with Crippen LogP contribution in [0.3, 0.4) is 0 Å². The van der Waals surface area contributed by atoms with Gasteiger partial charge >= 0.3 is 5.97 Å². The minimum absolute atomic E-state index is 0.0157. The highest BCUT2D eigenvalue weighted by molar-refractivity contribution is 7.89. The summed E-state index contributed by atoms with van der Waals surface area (Å²) in [4.78, 5) is 10.7. The van der Waals surface area contributed by atoms with E-state index in [2.05, 4.69) is 4.72 Å². The van der Waals surface area contributed by atoms with Gasteiger partial charge in [-0.2, -0.15) is 0 Å². The highest BCUT2D eigenvalue weighted by Crippen LogP contribution is 2.26. The first-order chi connectivity index (χ1) is 8.75. The monoisotopic (exact) mass is 307 g/mol. The van der Waals surface area contributed by atoms with E-state index >= 15 is 0 Å². The summed E-state index contributed by atoms with van der Waals surface area (Å²) >= 11 is 0.905. The first-order valence-electron chi connectivity index (χ1n) is 5.68. The lowest BCUT2D eigenvalue weighted by Crippen LogP contribution is -2.29. The fraction of sp³-hybridized carbons (Fsp3) is 0.545. The highest BCUT2D eigenvalue weighted by Gasteiger charge is 2.26. The lowest BCUT2D eigenvalue weighted by molar-refractivity contribution is 0.0698. The molecule has 0 aromatic carbocycles. The van der Waals surface area contributed by atoms with E-state index in [1.54, 1.807) is 6.92 Å². The maximum Gasteiger partial charge on any atom is 0.347 e. The Balaban J connectivity index is 2.83. The zero-order valence-electron chi connectivity index (χ0n) is 11.0. The normalized spacial score (nSPS) is 12.0. The largest absolute Gasteiger partial charge is 0.477 e. The van der Waals surface area contributed by atoms with Gasteiger partial charge in [0.05, 0.1) is 12.7 Å². The summed E-state index contributed by atoms with van der Waals surface area (Å²) in [5.74, 6) is -1.24. The van der Waals surface area contributed by atoms with Crippen LogP contribution in [0.15, 0.2) is 10.3 Å². The molecule has 0 aliphatic rings. The second kappa shape index (κ2) is 6.47. The zero-order chi connectivity index (χ0) is 14.6. The zero-order valence-corrected chi connectivity index (χ0v) is 12.6. The quantitative estimate of drug-likeness (QED) is 0.744. The lowest BCUT2D eigenvalue weighted by Gasteiger charge is -2.10. The summed E-state index contributed by atoms with van der Waals surface area (Å²) in [5, 5.41) is 10.5. The summed E-state index contributed by atoms with van der Waals surface area (Å²) in [6.45, 7) is 5.61. The van der Waals surface area contributed by atoms with Crippen molar-refractivity contribution in [3.8, 4) is 0 Å². The second-order valence-electron chi connectivity index (χ2n) is 4.20. The highest BCUT2D eigenvalue weighted by atomic mass is 32.2. The molecule has 0 spiro atoms. The number of carbonyl (C=O) groups is 1. The number of carboxylic acids is 1. The van der Waals surface area contributed by atoms with Crippen molar-refractivity contribution in [3.05, 3.63) is 15.8 Å². The molecule has 1 aromatic heterocycles. The average molecular weight is 307 g/mol. The van der Waals surface area contributed by atoms with Crippen molar-refractivity contribution in [1.29, 1.82) is 0 Å². The Kier molecular flexibility index (Phi) is 5.48. The minimum atomic E-state index is -3.82. The fourth-order valence-electron chi connectivity index (χ4n) is 1.46. The molecule has 0 saturated carbocycles. The van der Waals surface area contributed by atoms with E-state index in [1.165, 1.54) is 5.38 Å². The number of thiophene rings is 1. The number of carboxylic acid groups (broad SMARTS) is 1. The first kappa shape index (κ1) is 16.1. The van der Waals surface area contributed by atoms with Crippen LogP contribution >= 0.6 is 11.3 Å². The Labute approximate surface area is 116 Å². The number of hydrogen-bond acceptors (Lipinski definition) is 5. The lowest BCUT2D eigenvalue weighted by atomic mass is 10.3. The van der Waals surface area contributed by atoms with Crippen LogP contribution < -0.4 is 4.72 Å². The Hall–Kier alpha value is -0.960. The molecule has 0 bridgehead atoms. The number of aromatic carboxylic acids is 1. The van der Waals surface area contributed by atoms with Crippen molar-refractivity contribution in [2.75, 3.05) is 13.2 Å². The molecule has 1 heterocycles. The predicted octanol–water partition coefficient (Wildman–Crippen LogP) is 1.46. The average Bonchev–Trinajstić information content (AvgIpc) is 2.67. The molecule has 0 saturated heterocycles. The molecule has 0 radical (unpaired) electrons. The standard InChI is InChI=1S/C11H17NO5S2/c1-7(2)17-5-4-12-19(15,16)10-8(3)6-18-9(10)11(13)14/h6-7,12H,4-5H2,1-3H3,(H,13,14). The van der Waals surface area contributed by atoms with Gasteiger partial charge in [0, 0.05) is 6.54 Å². The summed E-state index contributed by atoms with van der Waals surface area (Å²) < 4.78 is 31.7. The van der Waals surface area contributed by atoms with Crippen molar-refractivity contribution < 1.29 is 23.1 Å². The third-order valence-electron chi connectivity index (χ3n) is 2.23. The molecular weight excluding hydrogens is 290 g/mol. The van der Waals surface area contributed by atoms with Gasteiger partial charge in [0.2, 0.25) is 10.0 Å². The van der Waals surface area contributed by atoms with Crippen LogP contribution in [0, 0.1) is 6.92 Å². The molecule has 0 aliphatic heterocycles. The molecule has 1 rings (SSSR count). The minimum Gasteiger partial charge on any atom is -0.477 e. The third kappa shape index (κ3) is 4.27. The van der Waals surface area contributed by atoms with Gasteiger partial charge in [-0.1, -0.05) is 0 Å². The van der Waals surface area contributed by atoms with E-state index in [0.29, 0.717) is 5.56 Å². The van der Waals surface area contributed by atoms with Crippen LogP contribution in [-0.4, -0.2) is 38.7 Å². The van der Waals surface area contributed by atoms with Crippen LogP contribution in [0.2, 0.25) is 0 Å². The van der Waals surface area contributed by atoms with Gasteiger partial charge < -0.3 is 9.84 Å². The maximum absolute atomic E-state index is 12.1. The number of hydrogen-bond donors (Lipinski definition) is 2. The SMILES string of the molecule is Cc1csc(C(=O)O)c1S(=O)(=O)NCCOC(C)C. The van der Waals surface area contributed by atoms with E-state index < -0.39 is 16.0 Å². The number of nitrogens with one attached hydrogen (secondary N) is 1. The molecular formula is C11H17NO5S2. The van der Waals surface area contributed by atoms with Gasteiger partial charge in [0.1, 0.15) is 9.77 Å². The molecule has 8 heteroatoms. The molecule has 1 aromatic rings. The van der Waals surface area contributed by atoms with Crippen LogP contribution in [0.1, 0.15) is 29.1 Å². The van der Waals surface area contributed by atoms with Crippen LogP contribution in [0.4, 0.5) is 0 Å². The van der Waals surface area contributed by atoms with Crippen molar-refractivity contribution in [3.63, 3.8) is 0 Å². The van der Waals surface area contributed by atoms with E-state index in [4.69, 9.17) is 9.84 Å². The van der Waals surface area contributed by atoms with Crippen molar-refractivity contribution in [1.82, 2.24) is 4.72 Å². The second-order valence-corrected chi connectivity index (χ2v) is 6.78. The third-order valence-corrected chi connectivity index (χ3v) is 5.09. The number of ether oxygens (including phenoxy) is 1. The van der Waals surface area contributed by atoms with Crippen LogP contribution in [0.25, 0.3) is 0 Å². The van der Waals surface area contributed by atoms with E-state index in [9.17, 15) is 13.2 Å². The van der Waals surface area contributed by atoms with Crippen molar-refractivity contribution in [2.45, 2.75) is 31.8 Å². The van der Waals surface area contributed by atoms with Gasteiger partial charge in [0.15, 0.2) is 0 Å². The molecule has 19 heavy (non-hydrogen) atoms. The Bertz CT molecular complexity index is 547. The summed E-state index contributed by atoms with van der Waals surface area (Å²) in [5.41, 5.74) is 0.430.